The summed E-state index contributed by atoms with van der Waals surface area (Å²) < 4.78 is 67.7. The Labute approximate surface area is 160 Å². The Balaban J connectivity index is 2.17. The molecule has 11 heteroatoms. The average molecular weight is 406 g/mol. The van der Waals surface area contributed by atoms with E-state index < -0.39 is 34.8 Å². The number of hydrogen-bond acceptors (Lipinski definition) is 4. The van der Waals surface area contributed by atoms with Crippen LogP contribution in [0.3, 0.4) is 0 Å². The van der Waals surface area contributed by atoms with Crippen molar-refractivity contribution in [1.29, 1.82) is 0 Å². The van der Waals surface area contributed by atoms with Gasteiger partial charge in [0.15, 0.2) is 34.9 Å². The Morgan fingerprint density at radius 1 is 0.862 bits per heavy atom. The van der Waals surface area contributed by atoms with Crippen molar-refractivity contribution >= 4 is 17.3 Å². The molecule has 0 amide bonds. The van der Waals surface area contributed by atoms with Crippen LogP contribution in [0.15, 0.2) is 57.9 Å². The number of benzene rings is 2. The van der Waals surface area contributed by atoms with E-state index in [0.717, 1.165) is 18.2 Å². The van der Waals surface area contributed by atoms with Gasteiger partial charge in [0.25, 0.3) is 0 Å². The van der Waals surface area contributed by atoms with Gasteiger partial charge in [-0.05, 0) is 35.9 Å². The van der Waals surface area contributed by atoms with Crippen LogP contribution in [0.2, 0.25) is 0 Å². The third-order valence-corrected chi connectivity index (χ3v) is 3.79. The van der Waals surface area contributed by atoms with Crippen molar-refractivity contribution in [2.45, 2.75) is 0 Å². The number of halogens is 5. The van der Waals surface area contributed by atoms with Gasteiger partial charge in [0.1, 0.15) is 11.5 Å². The van der Waals surface area contributed by atoms with Gasteiger partial charge in [0, 0.05) is 11.8 Å². The van der Waals surface area contributed by atoms with Crippen LogP contribution in [0.5, 0.6) is 0 Å². The minimum atomic E-state index is -1.63. The van der Waals surface area contributed by atoms with Gasteiger partial charge in [-0.3, -0.25) is 0 Å². The van der Waals surface area contributed by atoms with Crippen LogP contribution in [0.25, 0.3) is 11.1 Å². The minimum Gasteiger partial charge on any atom is -0.383 e. The number of hydrogen-bond donors (Lipinski definition) is 2. The first-order valence-corrected chi connectivity index (χ1v) is 7.86. The Morgan fingerprint density at radius 2 is 1.55 bits per heavy atom. The summed E-state index contributed by atoms with van der Waals surface area (Å²) >= 11 is 0. The second kappa shape index (κ2) is 8.00. The Bertz CT molecular complexity index is 1120. The number of nitrogens with zero attached hydrogens (tertiary/aromatic N) is 4. The number of rotatable bonds is 3. The number of aromatic nitrogens is 1. The predicted octanol–water partition coefficient (Wildman–Crippen LogP) is 4.43. The lowest BCUT2D eigenvalue weighted by atomic mass is 10.0. The lowest BCUT2D eigenvalue weighted by Gasteiger charge is -2.09. The Morgan fingerprint density at radius 3 is 2.21 bits per heavy atom. The molecule has 4 N–H and O–H groups in total. The molecule has 3 rings (SSSR count). The molecule has 29 heavy (non-hydrogen) atoms. The van der Waals surface area contributed by atoms with E-state index in [4.69, 9.17) is 11.6 Å². The van der Waals surface area contributed by atoms with Gasteiger partial charge in [0.05, 0.1) is 5.56 Å². The van der Waals surface area contributed by atoms with E-state index in [1.165, 1.54) is 24.4 Å². The number of amidine groups is 1. The van der Waals surface area contributed by atoms with Crippen molar-refractivity contribution in [3.8, 4) is 11.1 Å². The van der Waals surface area contributed by atoms with E-state index in [0.29, 0.717) is 0 Å². The zero-order valence-corrected chi connectivity index (χ0v) is 14.4. The van der Waals surface area contributed by atoms with Crippen LogP contribution >= 0.6 is 0 Å². The quantitative estimate of drug-likeness (QED) is 0.128. The fraction of sp³-hybridized carbons (Fsp3) is 0. The SMILES string of the molecule is NN=NC(=Nc1cccc(F)c1F)c1cc(-c2cc(F)c(F)c(F)c2)cnc1N. The van der Waals surface area contributed by atoms with Crippen LogP contribution < -0.4 is 11.6 Å². The molecule has 148 valence electrons. The molecule has 1 heterocycles. The Kier molecular flexibility index (Phi) is 5.48. The average Bonchev–Trinajstić information content (AvgIpc) is 2.69. The third kappa shape index (κ3) is 4.03. The monoisotopic (exact) mass is 406 g/mol. The zero-order chi connectivity index (χ0) is 21.1. The predicted molar refractivity (Wildman–Crippen MR) is 95.6 cm³/mol. The van der Waals surface area contributed by atoms with Crippen molar-refractivity contribution in [1.82, 2.24) is 4.98 Å². The van der Waals surface area contributed by atoms with Gasteiger partial charge >= 0.3 is 0 Å². The van der Waals surface area contributed by atoms with Gasteiger partial charge < -0.3 is 11.6 Å². The summed E-state index contributed by atoms with van der Waals surface area (Å²) in [5, 5.41) is 6.61. The molecule has 0 bridgehead atoms. The number of pyridine rings is 1. The highest BCUT2D eigenvalue weighted by atomic mass is 19.2. The molecule has 0 spiro atoms. The summed E-state index contributed by atoms with van der Waals surface area (Å²) in [6.45, 7) is 0. The highest BCUT2D eigenvalue weighted by Crippen LogP contribution is 2.27. The molecule has 2 aromatic carbocycles. The van der Waals surface area contributed by atoms with Crippen molar-refractivity contribution < 1.29 is 22.0 Å². The molecule has 0 radical (unpaired) electrons. The van der Waals surface area contributed by atoms with Crippen molar-refractivity contribution in [3.05, 3.63) is 77.2 Å². The maximum atomic E-state index is 13.9. The van der Waals surface area contributed by atoms with E-state index in [9.17, 15) is 22.0 Å². The molecule has 0 unspecified atom stereocenters. The van der Waals surface area contributed by atoms with E-state index in [1.807, 2.05) is 0 Å². The highest BCUT2D eigenvalue weighted by molar-refractivity contribution is 6.04. The first-order valence-electron chi connectivity index (χ1n) is 7.86. The maximum absolute atomic E-state index is 13.9. The summed E-state index contributed by atoms with van der Waals surface area (Å²) in [5.74, 6) is -2.28. The molecule has 0 saturated carbocycles. The summed E-state index contributed by atoms with van der Waals surface area (Å²) in [5.41, 5.74) is 5.40. The zero-order valence-electron chi connectivity index (χ0n) is 14.4. The minimum absolute atomic E-state index is 0.0366. The first-order chi connectivity index (χ1) is 13.8. The second-order valence-corrected chi connectivity index (χ2v) is 5.63. The molecule has 3 aromatic rings. The van der Waals surface area contributed by atoms with Crippen LogP contribution in [-0.4, -0.2) is 10.8 Å². The van der Waals surface area contributed by atoms with Crippen molar-refractivity contribution in [2.24, 2.45) is 21.2 Å². The molecular formula is C18H11F5N6. The number of nitrogens with two attached hydrogens (primary N) is 2. The Hall–Kier alpha value is -3.89. The fourth-order valence-electron chi connectivity index (χ4n) is 2.42. The number of anilines is 1. The van der Waals surface area contributed by atoms with E-state index >= 15 is 0 Å². The number of nitrogen functional groups attached to an aromatic ring is 1. The summed E-state index contributed by atoms with van der Waals surface area (Å²) in [7, 11) is 0. The summed E-state index contributed by atoms with van der Waals surface area (Å²) in [6.07, 6.45) is 1.17. The van der Waals surface area contributed by atoms with Gasteiger partial charge in [0.2, 0.25) is 0 Å². The normalized spacial score (nSPS) is 12.0. The van der Waals surface area contributed by atoms with E-state index in [-0.39, 0.29) is 28.3 Å². The van der Waals surface area contributed by atoms with Crippen molar-refractivity contribution in [3.63, 3.8) is 0 Å². The molecular weight excluding hydrogens is 395 g/mol. The van der Waals surface area contributed by atoms with Crippen LogP contribution in [0.4, 0.5) is 33.5 Å². The molecule has 0 fully saturated rings. The lowest BCUT2D eigenvalue weighted by Crippen LogP contribution is -2.06. The van der Waals surface area contributed by atoms with Gasteiger partial charge in [-0.1, -0.05) is 11.3 Å². The summed E-state index contributed by atoms with van der Waals surface area (Å²) in [6, 6.07) is 6.05. The van der Waals surface area contributed by atoms with E-state index in [1.54, 1.807) is 0 Å². The van der Waals surface area contributed by atoms with E-state index in [2.05, 4.69) is 20.3 Å². The van der Waals surface area contributed by atoms with Crippen molar-refractivity contribution in [2.75, 3.05) is 5.73 Å². The second-order valence-electron chi connectivity index (χ2n) is 5.63. The van der Waals surface area contributed by atoms with Gasteiger partial charge in [-0.15, -0.1) is 5.11 Å². The standard InChI is InChI=1S/C18H11F5N6/c19-11-2-1-3-14(16(11)23)27-18(28-29-25)10-4-9(7-26-17(10)24)8-5-12(20)15(22)13(21)6-8/h1-7H,(H2,24,26)(H2,25,27,28). The summed E-state index contributed by atoms with van der Waals surface area (Å²) in [4.78, 5) is 7.73. The largest absolute Gasteiger partial charge is 0.383 e. The molecule has 6 nitrogen and oxygen atoms in total. The fourth-order valence-corrected chi connectivity index (χ4v) is 2.42. The smallest absolute Gasteiger partial charge is 0.194 e. The van der Waals surface area contributed by atoms with Gasteiger partial charge in [-0.2, -0.15) is 0 Å². The highest BCUT2D eigenvalue weighted by Gasteiger charge is 2.16. The molecule has 1 aromatic heterocycles. The lowest BCUT2D eigenvalue weighted by molar-refractivity contribution is 0.447. The third-order valence-electron chi connectivity index (χ3n) is 3.79. The van der Waals surface area contributed by atoms with Crippen LogP contribution in [0, 0.1) is 29.1 Å². The maximum Gasteiger partial charge on any atom is 0.194 e. The first kappa shape index (κ1) is 19.9. The van der Waals surface area contributed by atoms with Crippen LogP contribution in [-0.2, 0) is 0 Å². The molecule has 0 atom stereocenters. The van der Waals surface area contributed by atoms with Crippen LogP contribution in [0.1, 0.15) is 5.56 Å². The molecule has 0 aliphatic carbocycles. The topological polar surface area (TPSA) is 102 Å². The molecule has 0 aliphatic rings. The molecule has 0 saturated heterocycles. The molecule has 0 aliphatic heterocycles. The van der Waals surface area contributed by atoms with Gasteiger partial charge in [-0.25, -0.2) is 31.9 Å². The number of aliphatic imine (C=N–C) groups is 1.